The Morgan fingerprint density at radius 2 is 1.85 bits per heavy atom. The van der Waals surface area contributed by atoms with E-state index in [2.05, 4.69) is 4.98 Å². The van der Waals surface area contributed by atoms with Crippen LogP contribution in [0.4, 0.5) is 0 Å². The van der Waals surface area contributed by atoms with E-state index in [-0.39, 0.29) is 0 Å². The quantitative estimate of drug-likeness (QED) is 0.893. The summed E-state index contributed by atoms with van der Waals surface area (Å²) in [7, 11) is 0. The molecule has 0 atom stereocenters. The summed E-state index contributed by atoms with van der Waals surface area (Å²) in [6.45, 7) is 4.08. The fourth-order valence-electron chi connectivity index (χ4n) is 2.34. The minimum absolute atomic E-state index is 0.322. The Morgan fingerprint density at radius 3 is 2.40 bits per heavy atom. The van der Waals surface area contributed by atoms with Crippen LogP contribution in [0.5, 0.6) is 0 Å². The number of aryl methyl sites for hydroxylation is 2. The molecule has 2 aromatic rings. The summed E-state index contributed by atoms with van der Waals surface area (Å²) >= 11 is 0. The standard InChI is InChI=1S/C17H19NO2/c1-3-8-16-14(17(19)20)11-13(15(4-2)18-16)12-9-6-5-7-10-12/h5-7,9-11H,3-4,8H2,1-2H3,(H,19,20). The Labute approximate surface area is 119 Å². The SMILES string of the molecule is CCCc1nc(CC)c(-c2ccccc2)cc1C(=O)O. The molecule has 0 bridgehead atoms. The van der Waals surface area contributed by atoms with Gasteiger partial charge in [-0.2, -0.15) is 0 Å². The lowest BCUT2D eigenvalue weighted by atomic mass is 9.98. The van der Waals surface area contributed by atoms with Gasteiger partial charge in [-0.3, -0.25) is 4.98 Å². The number of carboxylic acids is 1. The van der Waals surface area contributed by atoms with Gasteiger partial charge in [-0.05, 0) is 24.5 Å². The van der Waals surface area contributed by atoms with Crippen LogP contribution in [0.2, 0.25) is 0 Å². The van der Waals surface area contributed by atoms with Gasteiger partial charge in [0.1, 0.15) is 0 Å². The van der Waals surface area contributed by atoms with Gasteiger partial charge < -0.3 is 5.11 Å². The summed E-state index contributed by atoms with van der Waals surface area (Å²) in [6.07, 6.45) is 2.38. The lowest BCUT2D eigenvalue weighted by Gasteiger charge is -2.12. The van der Waals surface area contributed by atoms with E-state index >= 15 is 0 Å². The number of benzene rings is 1. The van der Waals surface area contributed by atoms with Crippen molar-refractivity contribution in [1.82, 2.24) is 4.98 Å². The van der Waals surface area contributed by atoms with Crippen LogP contribution in [-0.2, 0) is 12.8 Å². The van der Waals surface area contributed by atoms with Crippen molar-refractivity contribution in [2.45, 2.75) is 33.1 Å². The largest absolute Gasteiger partial charge is 0.478 e. The van der Waals surface area contributed by atoms with Crippen LogP contribution in [-0.4, -0.2) is 16.1 Å². The average Bonchev–Trinajstić information content (AvgIpc) is 2.47. The van der Waals surface area contributed by atoms with Crippen molar-refractivity contribution in [3.63, 3.8) is 0 Å². The molecule has 0 aliphatic rings. The maximum Gasteiger partial charge on any atom is 0.337 e. The molecule has 0 saturated carbocycles. The van der Waals surface area contributed by atoms with Crippen molar-refractivity contribution in [1.29, 1.82) is 0 Å². The van der Waals surface area contributed by atoms with E-state index in [9.17, 15) is 9.90 Å². The third kappa shape index (κ3) is 2.87. The highest BCUT2D eigenvalue weighted by atomic mass is 16.4. The van der Waals surface area contributed by atoms with Gasteiger partial charge in [-0.1, -0.05) is 50.6 Å². The van der Waals surface area contributed by atoms with Crippen LogP contribution in [0, 0.1) is 0 Å². The predicted octanol–water partition coefficient (Wildman–Crippen LogP) is 3.96. The molecule has 0 aliphatic heterocycles. The van der Waals surface area contributed by atoms with E-state index in [0.29, 0.717) is 17.7 Å². The molecule has 3 nitrogen and oxygen atoms in total. The second-order valence-electron chi connectivity index (χ2n) is 4.75. The first-order valence-corrected chi connectivity index (χ1v) is 6.98. The Hall–Kier alpha value is -2.16. The number of carboxylic acid groups (broad SMARTS) is 1. The Bertz CT molecular complexity index is 606. The zero-order valence-electron chi connectivity index (χ0n) is 11.9. The number of aromatic nitrogens is 1. The second-order valence-corrected chi connectivity index (χ2v) is 4.75. The molecule has 1 heterocycles. The van der Waals surface area contributed by atoms with E-state index < -0.39 is 5.97 Å². The zero-order chi connectivity index (χ0) is 14.5. The number of hydrogen-bond acceptors (Lipinski definition) is 2. The molecule has 0 saturated heterocycles. The molecular formula is C17H19NO2. The molecule has 0 aliphatic carbocycles. The van der Waals surface area contributed by atoms with Crippen molar-refractivity contribution in [3.05, 3.63) is 53.3 Å². The zero-order valence-corrected chi connectivity index (χ0v) is 11.9. The van der Waals surface area contributed by atoms with E-state index in [1.165, 1.54) is 0 Å². The highest BCUT2D eigenvalue weighted by molar-refractivity contribution is 5.91. The van der Waals surface area contributed by atoms with Gasteiger partial charge in [0, 0.05) is 11.3 Å². The summed E-state index contributed by atoms with van der Waals surface area (Å²) in [5.41, 5.74) is 3.91. The molecule has 1 N–H and O–H groups in total. The minimum atomic E-state index is -0.902. The summed E-state index contributed by atoms with van der Waals surface area (Å²) in [5, 5.41) is 9.39. The molecule has 1 aromatic carbocycles. The second kappa shape index (κ2) is 6.33. The first-order chi connectivity index (χ1) is 9.67. The van der Waals surface area contributed by atoms with Crippen LogP contribution in [0.3, 0.4) is 0 Å². The van der Waals surface area contributed by atoms with Crippen molar-refractivity contribution < 1.29 is 9.90 Å². The van der Waals surface area contributed by atoms with E-state index in [1.54, 1.807) is 6.07 Å². The summed E-state index contributed by atoms with van der Waals surface area (Å²) in [5.74, 6) is -0.902. The Kier molecular flexibility index (Phi) is 4.51. The lowest BCUT2D eigenvalue weighted by Crippen LogP contribution is -2.08. The fraction of sp³-hybridized carbons (Fsp3) is 0.294. The van der Waals surface area contributed by atoms with Gasteiger partial charge in [0.2, 0.25) is 0 Å². The van der Waals surface area contributed by atoms with Crippen molar-refractivity contribution in [2.24, 2.45) is 0 Å². The van der Waals surface area contributed by atoms with Crippen molar-refractivity contribution >= 4 is 5.97 Å². The summed E-state index contributed by atoms with van der Waals surface area (Å²) in [4.78, 5) is 16.0. The van der Waals surface area contributed by atoms with Crippen LogP contribution in [0.25, 0.3) is 11.1 Å². The van der Waals surface area contributed by atoms with Crippen LogP contribution in [0.15, 0.2) is 36.4 Å². The number of nitrogens with zero attached hydrogens (tertiary/aromatic N) is 1. The van der Waals surface area contributed by atoms with Crippen molar-refractivity contribution in [2.75, 3.05) is 0 Å². The molecule has 0 amide bonds. The fourth-order valence-corrected chi connectivity index (χ4v) is 2.34. The maximum absolute atomic E-state index is 11.4. The molecule has 2 rings (SSSR count). The van der Waals surface area contributed by atoms with Gasteiger partial charge in [0.05, 0.1) is 11.3 Å². The predicted molar refractivity (Wildman–Crippen MR) is 80.0 cm³/mol. The molecule has 1 aromatic heterocycles. The average molecular weight is 269 g/mol. The van der Waals surface area contributed by atoms with Crippen LogP contribution < -0.4 is 0 Å². The monoisotopic (exact) mass is 269 g/mol. The molecule has 0 radical (unpaired) electrons. The van der Waals surface area contributed by atoms with Gasteiger partial charge >= 0.3 is 5.97 Å². The smallest absolute Gasteiger partial charge is 0.337 e. The molecule has 20 heavy (non-hydrogen) atoms. The minimum Gasteiger partial charge on any atom is -0.478 e. The molecule has 3 heteroatoms. The van der Waals surface area contributed by atoms with E-state index in [0.717, 1.165) is 29.7 Å². The van der Waals surface area contributed by atoms with E-state index in [4.69, 9.17) is 0 Å². The number of rotatable bonds is 5. The topological polar surface area (TPSA) is 50.2 Å². The third-order valence-corrected chi connectivity index (χ3v) is 3.32. The molecule has 0 spiro atoms. The molecular weight excluding hydrogens is 250 g/mol. The Morgan fingerprint density at radius 1 is 1.15 bits per heavy atom. The highest BCUT2D eigenvalue weighted by Crippen LogP contribution is 2.26. The first-order valence-electron chi connectivity index (χ1n) is 6.98. The first kappa shape index (κ1) is 14.3. The highest BCUT2D eigenvalue weighted by Gasteiger charge is 2.16. The molecule has 0 fully saturated rings. The summed E-state index contributed by atoms with van der Waals surface area (Å²) in [6, 6.07) is 11.6. The van der Waals surface area contributed by atoms with Gasteiger partial charge in [-0.15, -0.1) is 0 Å². The Balaban J connectivity index is 2.62. The molecule has 104 valence electrons. The third-order valence-electron chi connectivity index (χ3n) is 3.32. The van der Waals surface area contributed by atoms with Crippen LogP contribution in [0.1, 0.15) is 42.0 Å². The number of aromatic carboxylic acids is 1. The number of carbonyl (C=O) groups is 1. The van der Waals surface area contributed by atoms with E-state index in [1.807, 2.05) is 44.2 Å². The normalized spacial score (nSPS) is 10.5. The van der Waals surface area contributed by atoms with Crippen molar-refractivity contribution in [3.8, 4) is 11.1 Å². The van der Waals surface area contributed by atoms with Gasteiger partial charge in [-0.25, -0.2) is 4.79 Å². The lowest BCUT2D eigenvalue weighted by molar-refractivity contribution is 0.0695. The number of hydrogen-bond donors (Lipinski definition) is 1. The molecule has 0 unspecified atom stereocenters. The van der Waals surface area contributed by atoms with Gasteiger partial charge in [0.15, 0.2) is 0 Å². The number of pyridine rings is 1. The van der Waals surface area contributed by atoms with Crippen LogP contribution >= 0.6 is 0 Å². The summed E-state index contributed by atoms with van der Waals surface area (Å²) < 4.78 is 0. The van der Waals surface area contributed by atoms with Gasteiger partial charge in [0.25, 0.3) is 0 Å². The maximum atomic E-state index is 11.4.